The van der Waals surface area contributed by atoms with Gasteiger partial charge >= 0.3 is 5.97 Å². The van der Waals surface area contributed by atoms with E-state index in [4.69, 9.17) is 5.11 Å². The van der Waals surface area contributed by atoms with Crippen LogP contribution in [-0.2, 0) is 9.59 Å². The van der Waals surface area contributed by atoms with Crippen molar-refractivity contribution < 1.29 is 14.7 Å². The second kappa shape index (κ2) is 9.33. The van der Waals surface area contributed by atoms with Crippen molar-refractivity contribution in [2.45, 2.75) is 47.5 Å². The van der Waals surface area contributed by atoms with Crippen molar-refractivity contribution in [3.8, 4) is 0 Å². The summed E-state index contributed by atoms with van der Waals surface area (Å²) < 4.78 is 0. The smallest absolute Gasteiger partial charge is 0.328 e. The van der Waals surface area contributed by atoms with Crippen molar-refractivity contribution >= 4 is 11.8 Å². The van der Waals surface area contributed by atoms with E-state index in [1.807, 2.05) is 44.2 Å². The number of hydrogen-bond acceptors (Lipinski definition) is 2. The van der Waals surface area contributed by atoms with Crippen molar-refractivity contribution in [2.75, 3.05) is 0 Å². The lowest BCUT2D eigenvalue weighted by molar-refractivity contribution is -0.131. The summed E-state index contributed by atoms with van der Waals surface area (Å²) in [6.45, 7) is 13.8. The van der Waals surface area contributed by atoms with Crippen LogP contribution in [0, 0.1) is 11.3 Å². The van der Waals surface area contributed by atoms with Gasteiger partial charge in [0, 0.05) is 12.0 Å². The maximum absolute atomic E-state index is 12.6. The number of hydrogen-bond donors (Lipinski definition) is 1. The number of carboxylic acid groups (broad SMARTS) is 1. The molecule has 3 nitrogen and oxygen atoms in total. The average Bonchev–Trinajstić information content (AvgIpc) is 2.51. The third kappa shape index (κ3) is 6.14. The van der Waals surface area contributed by atoms with E-state index >= 15 is 0 Å². The van der Waals surface area contributed by atoms with Crippen LogP contribution in [0.5, 0.6) is 0 Å². The number of carbonyl (C=O) groups is 2. The third-order valence-electron chi connectivity index (χ3n) is 4.66. The molecule has 3 heteroatoms. The molecular formula is C23H30O3. The second-order valence-corrected chi connectivity index (χ2v) is 7.54. The third-order valence-corrected chi connectivity index (χ3v) is 4.66. The number of aliphatic carboxylic acids is 1. The van der Waals surface area contributed by atoms with Crippen LogP contribution in [0.2, 0.25) is 0 Å². The monoisotopic (exact) mass is 354 g/mol. The molecule has 1 aliphatic rings. The van der Waals surface area contributed by atoms with Gasteiger partial charge < -0.3 is 5.11 Å². The van der Waals surface area contributed by atoms with Gasteiger partial charge in [0.05, 0.1) is 0 Å². The minimum atomic E-state index is -0.950. The molecule has 0 fully saturated rings. The van der Waals surface area contributed by atoms with Crippen LogP contribution in [0.3, 0.4) is 0 Å². The lowest BCUT2D eigenvalue weighted by Gasteiger charge is -2.36. The van der Waals surface area contributed by atoms with Crippen LogP contribution >= 0.6 is 0 Å². The Morgan fingerprint density at radius 1 is 1.27 bits per heavy atom. The normalized spacial score (nSPS) is 21.7. The van der Waals surface area contributed by atoms with Crippen molar-refractivity contribution in [3.63, 3.8) is 0 Å². The summed E-state index contributed by atoms with van der Waals surface area (Å²) in [5.41, 5.74) is 3.57. The van der Waals surface area contributed by atoms with Crippen LogP contribution in [0.4, 0.5) is 0 Å². The van der Waals surface area contributed by atoms with Gasteiger partial charge in [-0.1, -0.05) is 55.9 Å². The molecule has 0 unspecified atom stereocenters. The summed E-state index contributed by atoms with van der Waals surface area (Å²) in [6.07, 6.45) is 14.1. The van der Waals surface area contributed by atoms with Gasteiger partial charge in [-0.2, -0.15) is 0 Å². The zero-order valence-electron chi connectivity index (χ0n) is 16.5. The van der Waals surface area contributed by atoms with Crippen LogP contribution in [0.25, 0.3) is 0 Å². The van der Waals surface area contributed by atoms with Crippen LogP contribution in [-0.4, -0.2) is 16.9 Å². The number of allylic oxidation sites excluding steroid dienone is 10. The SMILES string of the molecule is C=CC[C@H]1CC(C)(C)C(/C=C/C(C)=C/C=C/C(C)=C/C(=O)O)=C(C)C1=O. The fraction of sp³-hybridized carbons (Fsp3) is 0.391. The zero-order chi connectivity index (χ0) is 19.9. The van der Waals surface area contributed by atoms with Crippen LogP contribution < -0.4 is 0 Å². The fourth-order valence-corrected chi connectivity index (χ4v) is 3.37. The Labute approximate surface area is 157 Å². The summed E-state index contributed by atoms with van der Waals surface area (Å²) in [5.74, 6) is -0.697. The minimum Gasteiger partial charge on any atom is -0.478 e. The Hall–Kier alpha value is -2.42. The van der Waals surface area contributed by atoms with Gasteiger partial charge in [0.1, 0.15) is 0 Å². The maximum atomic E-state index is 12.6. The van der Waals surface area contributed by atoms with E-state index < -0.39 is 5.97 Å². The van der Waals surface area contributed by atoms with Crippen LogP contribution in [0.1, 0.15) is 47.5 Å². The van der Waals surface area contributed by atoms with E-state index in [-0.39, 0.29) is 17.1 Å². The summed E-state index contributed by atoms with van der Waals surface area (Å²) in [5, 5.41) is 8.69. The molecule has 0 saturated carbocycles. The predicted octanol–water partition coefficient (Wildman–Crippen LogP) is 5.58. The van der Waals surface area contributed by atoms with Gasteiger partial charge in [-0.05, 0) is 55.7 Å². The molecule has 140 valence electrons. The lowest BCUT2D eigenvalue weighted by Crippen LogP contribution is -2.32. The lowest BCUT2D eigenvalue weighted by atomic mass is 9.67. The molecule has 0 saturated heterocycles. The van der Waals surface area contributed by atoms with E-state index in [9.17, 15) is 9.59 Å². The average molecular weight is 354 g/mol. The summed E-state index contributed by atoms with van der Waals surface area (Å²) in [7, 11) is 0. The molecule has 0 aromatic heterocycles. The molecule has 1 rings (SSSR count). The van der Waals surface area contributed by atoms with Crippen LogP contribution in [0.15, 0.2) is 71.4 Å². The highest BCUT2D eigenvalue weighted by Gasteiger charge is 2.36. The first-order valence-electron chi connectivity index (χ1n) is 8.89. The highest BCUT2D eigenvalue weighted by Crippen LogP contribution is 2.43. The Balaban J connectivity index is 2.99. The number of ketones is 1. The van der Waals surface area contributed by atoms with Gasteiger partial charge in [0.25, 0.3) is 0 Å². The first kappa shape index (κ1) is 21.6. The van der Waals surface area contributed by atoms with E-state index in [0.29, 0.717) is 5.57 Å². The Kier molecular flexibility index (Phi) is 7.76. The molecule has 1 aliphatic carbocycles. The highest BCUT2D eigenvalue weighted by molar-refractivity contribution is 5.99. The number of carbonyl (C=O) groups excluding carboxylic acids is 1. The largest absolute Gasteiger partial charge is 0.478 e. The number of Topliss-reactive ketones (excluding diaryl/α,β-unsaturated/α-hetero) is 1. The quantitative estimate of drug-likeness (QED) is 0.369. The molecule has 1 atom stereocenters. The molecule has 0 bridgehead atoms. The molecule has 1 N–H and O–H groups in total. The number of rotatable bonds is 7. The standard InChI is InChI=1S/C23H30O3/c1-7-9-19-15-23(5,6)20(18(4)22(19)26)13-12-16(2)10-8-11-17(3)14-21(24)25/h7-8,10-14,19H,1,9,15H2,2-6H3,(H,24,25)/b11-8+,13-12+,16-10+,17-14+/t19-/m0/s1. The first-order chi connectivity index (χ1) is 12.1. The molecule has 0 aromatic carbocycles. The maximum Gasteiger partial charge on any atom is 0.328 e. The van der Waals surface area contributed by atoms with Gasteiger partial charge in [-0.3, -0.25) is 4.79 Å². The second-order valence-electron chi connectivity index (χ2n) is 7.54. The van der Waals surface area contributed by atoms with Crippen molar-refractivity contribution in [3.05, 3.63) is 71.4 Å². The van der Waals surface area contributed by atoms with Gasteiger partial charge in [-0.25, -0.2) is 4.79 Å². The highest BCUT2D eigenvalue weighted by atomic mass is 16.4. The Bertz CT molecular complexity index is 725. The Morgan fingerprint density at radius 3 is 2.50 bits per heavy atom. The molecule has 26 heavy (non-hydrogen) atoms. The molecular weight excluding hydrogens is 324 g/mol. The minimum absolute atomic E-state index is 0.0308. The molecule has 0 amide bonds. The van der Waals surface area contributed by atoms with Crippen molar-refractivity contribution in [2.24, 2.45) is 11.3 Å². The molecule has 0 heterocycles. The van der Waals surface area contributed by atoms with E-state index in [2.05, 4.69) is 20.4 Å². The van der Waals surface area contributed by atoms with E-state index in [0.717, 1.165) is 29.6 Å². The van der Waals surface area contributed by atoms with Crippen molar-refractivity contribution in [1.82, 2.24) is 0 Å². The van der Waals surface area contributed by atoms with Gasteiger partial charge in [0.2, 0.25) is 0 Å². The summed E-state index contributed by atoms with van der Waals surface area (Å²) in [4.78, 5) is 23.2. The molecule has 0 aromatic rings. The van der Waals surface area contributed by atoms with Gasteiger partial charge in [-0.15, -0.1) is 6.58 Å². The molecule has 0 radical (unpaired) electrons. The van der Waals surface area contributed by atoms with E-state index in [1.54, 1.807) is 13.0 Å². The predicted molar refractivity (Wildman–Crippen MR) is 108 cm³/mol. The summed E-state index contributed by atoms with van der Waals surface area (Å²) in [6, 6.07) is 0. The Morgan fingerprint density at radius 2 is 1.92 bits per heavy atom. The first-order valence-corrected chi connectivity index (χ1v) is 8.89. The molecule has 0 aliphatic heterocycles. The molecule has 0 spiro atoms. The zero-order valence-corrected chi connectivity index (χ0v) is 16.5. The van der Waals surface area contributed by atoms with E-state index in [1.165, 1.54) is 6.08 Å². The van der Waals surface area contributed by atoms with Gasteiger partial charge in [0.15, 0.2) is 5.78 Å². The fourth-order valence-electron chi connectivity index (χ4n) is 3.37. The van der Waals surface area contributed by atoms with Crippen molar-refractivity contribution in [1.29, 1.82) is 0 Å². The summed E-state index contributed by atoms with van der Waals surface area (Å²) >= 11 is 0. The topological polar surface area (TPSA) is 54.4 Å². The number of carboxylic acids is 1.